The number of nitrogens with one attached hydrogen (secondary N) is 3. The fourth-order valence-electron chi connectivity index (χ4n) is 3.99. The molecule has 0 saturated carbocycles. The van der Waals surface area contributed by atoms with Crippen molar-refractivity contribution in [3.63, 3.8) is 0 Å². The van der Waals surface area contributed by atoms with E-state index in [1.165, 1.54) is 22.6 Å². The minimum Gasteiger partial charge on any atom is -0.356 e. The van der Waals surface area contributed by atoms with Crippen LogP contribution in [0.4, 0.5) is 4.79 Å². The number of urea groups is 1. The Morgan fingerprint density at radius 3 is 2.65 bits per heavy atom. The van der Waals surface area contributed by atoms with Crippen LogP contribution in [0.1, 0.15) is 50.4 Å². The van der Waals surface area contributed by atoms with Gasteiger partial charge in [-0.1, -0.05) is 13.0 Å². The van der Waals surface area contributed by atoms with Gasteiger partial charge in [0.15, 0.2) is 5.96 Å². The molecular weight excluding hydrogens is 527 g/mol. The molecule has 1 aromatic heterocycles. The number of aliphatic imine (C=N–C) groups is 1. The van der Waals surface area contributed by atoms with Gasteiger partial charge in [-0.15, -0.1) is 35.3 Å². The number of hydrogen-bond acceptors (Lipinski definition) is 5. The van der Waals surface area contributed by atoms with Gasteiger partial charge < -0.3 is 16.0 Å². The van der Waals surface area contributed by atoms with Crippen molar-refractivity contribution in [3.05, 3.63) is 22.4 Å². The molecule has 3 amide bonds. The van der Waals surface area contributed by atoms with Gasteiger partial charge in [0.25, 0.3) is 5.91 Å². The molecule has 3 heterocycles. The van der Waals surface area contributed by atoms with E-state index in [2.05, 4.69) is 43.4 Å². The highest BCUT2D eigenvalue weighted by Gasteiger charge is 2.45. The lowest BCUT2D eigenvalue weighted by molar-refractivity contribution is -0.130. The van der Waals surface area contributed by atoms with E-state index in [9.17, 15) is 9.59 Å². The third-order valence-electron chi connectivity index (χ3n) is 6.04. The molecule has 10 heteroatoms. The number of guanidine groups is 1. The van der Waals surface area contributed by atoms with E-state index >= 15 is 0 Å². The second kappa shape index (κ2) is 12.0. The van der Waals surface area contributed by atoms with Crippen LogP contribution in [0, 0.1) is 0 Å². The Bertz CT molecular complexity index is 753. The van der Waals surface area contributed by atoms with Gasteiger partial charge in [-0.25, -0.2) is 4.79 Å². The van der Waals surface area contributed by atoms with E-state index < -0.39 is 5.54 Å². The molecule has 31 heavy (non-hydrogen) atoms. The highest BCUT2D eigenvalue weighted by Crippen LogP contribution is 2.27. The van der Waals surface area contributed by atoms with Crippen molar-refractivity contribution < 1.29 is 9.59 Å². The van der Waals surface area contributed by atoms with Gasteiger partial charge in [-0.2, -0.15) is 0 Å². The van der Waals surface area contributed by atoms with Crippen LogP contribution in [0.3, 0.4) is 0 Å². The molecular formula is C21H35IN6O2S. The first-order valence-electron chi connectivity index (χ1n) is 10.8. The summed E-state index contributed by atoms with van der Waals surface area (Å²) < 4.78 is 0. The Labute approximate surface area is 206 Å². The zero-order chi connectivity index (χ0) is 21.6. The predicted octanol–water partition coefficient (Wildman–Crippen LogP) is 2.78. The molecule has 0 aliphatic carbocycles. The molecule has 0 radical (unpaired) electrons. The molecule has 0 spiro atoms. The summed E-state index contributed by atoms with van der Waals surface area (Å²) in [6.07, 6.45) is 3.77. The molecule has 2 atom stereocenters. The quantitative estimate of drug-likeness (QED) is 0.142. The van der Waals surface area contributed by atoms with Gasteiger partial charge in [0.05, 0.1) is 6.04 Å². The largest absolute Gasteiger partial charge is 0.356 e. The highest BCUT2D eigenvalue weighted by atomic mass is 127. The lowest BCUT2D eigenvalue weighted by Gasteiger charge is -2.27. The summed E-state index contributed by atoms with van der Waals surface area (Å²) in [4.78, 5) is 34.1. The number of nitrogens with zero attached hydrogens (tertiary/aromatic N) is 3. The number of imide groups is 1. The lowest BCUT2D eigenvalue weighted by Crippen LogP contribution is -2.44. The molecule has 0 bridgehead atoms. The Morgan fingerprint density at radius 1 is 1.32 bits per heavy atom. The molecule has 3 N–H and O–H groups in total. The van der Waals surface area contributed by atoms with Crippen LogP contribution >= 0.6 is 35.3 Å². The lowest BCUT2D eigenvalue weighted by atomic mass is 9.99. The minimum atomic E-state index is -0.769. The van der Waals surface area contributed by atoms with Crippen LogP contribution < -0.4 is 16.0 Å². The van der Waals surface area contributed by atoms with Gasteiger partial charge in [0.2, 0.25) is 0 Å². The zero-order valence-electron chi connectivity index (χ0n) is 18.6. The molecule has 2 aliphatic rings. The fraction of sp³-hybridized carbons (Fsp3) is 0.667. The average molecular weight is 563 g/mol. The van der Waals surface area contributed by atoms with Gasteiger partial charge in [0, 0.05) is 31.6 Å². The van der Waals surface area contributed by atoms with Crippen LogP contribution in [0.2, 0.25) is 0 Å². The number of carbonyl (C=O) groups excluding carboxylic acids is 2. The topological polar surface area (TPSA) is 89.1 Å². The first-order chi connectivity index (χ1) is 14.5. The maximum Gasteiger partial charge on any atom is 0.325 e. The molecule has 2 unspecified atom stereocenters. The molecule has 2 saturated heterocycles. The number of rotatable bonds is 9. The maximum atomic E-state index is 12.5. The van der Waals surface area contributed by atoms with Crippen LogP contribution in [0.25, 0.3) is 0 Å². The summed E-state index contributed by atoms with van der Waals surface area (Å²) in [5.41, 5.74) is -0.769. The number of halogens is 1. The van der Waals surface area contributed by atoms with Crippen molar-refractivity contribution in [1.82, 2.24) is 25.8 Å². The normalized spacial score (nSPS) is 22.9. The fourth-order valence-corrected chi connectivity index (χ4v) is 4.85. The van der Waals surface area contributed by atoms with Crippen molar-refractivity contribution in [3.8, 4) is 0 Å². The summed E-state index contributed by atoms with van der Waals surface area (Å²) in [6.45, 7) is 7.79. The van der Waals surface area contributed by atoms with Crippen molar-refractivity contribution in [2.24, 2.45) is 4.99 Å². The second-order valence-electron chi connectivity index (χ2n) is 8.08. The van der Waals surface area contributed by atoms with E-state index in [0.717, 1.165) is 25.6 Å². The first-order valence-corrected chi connectivity index (χ1v) is 11.7. The van der Waals surface area contributed by atoms with Crippen molar-refractivity contribution in [2.45, 2.75) is 51.1 Å². The van der Waals surface area contributed by atoms with E-state index in [0.29, 0.717) is 32.0 Å². The number of amides is 3. The number of likely N-dealkylation sites (tertiary alicyclic amines) is 1. The van der Waals surface area contributed by atoms with Crippen LogP contribution in [0.15, 0.2) is 22.5 Å². The van der Waals surface area contributed by atoms with Gasteiger partial charge in [0.1, 0.15) is 5.54 Å². The molecule has 0 aromatic carbocycles. The molecule has 174 valence electrons. The van der Waals surface area contributed by atoms with Crippen LogP contribution in [0.5, 0.6) is 0 Å². The number of hydrogen-bond donors (Lipinski definition) is 3. The highest BCUT2D eigenvalue weighted by molar-refractivity contribution is 14.0. The number of carbonyl (C=O) groups is 2. The Morgan fingerprint density at radius 2 is 2.06 bits per heavy atom. The monoisotopic (exact) mass is 562 g/mol. The van der Waals surface area contributed by atoms with E-state index in [-0.39, 0.29) is 35.9 Å². The Kier molecular flexibility index (Phi) is 10.0. The van der Waals surface area contributed by atoms with Gasteiger partial charge in [-0.05, 0) is 57.1 Å². The van der Waals surface area contributed by atoms with Crippen molar-refractivity contribution in [2.75, 3.05) is 39.8 Å². The van der Waals surface area contributed by atoms with E-state index in [4.69, 9.17) is 0 Å². The molecule has 2 aliphatic heterocycles. The van der Waals surface area contributed by atoms with Crippen molar-refractivity contribution >= 4 is 53.2 Å². The standard InChI is InChI=1S/C21H34N6O2S.HI/c1-4-21(2)18(28)27(20(29)25-21)13-8-10-23-19(22-3)24-15-16(17-9-7-14-30-17)26-11-5-6-12-26;/h7,9,14,16H,4-6,8,10-13,15H2,1-3H3,(H,25,29)(H2,22,23,24);1H. The van der Waals surface area contributed by atoms with E-state index in [1.807, 2.05) is 6.92 Å². The molecule has 2 fully saturated rings. The number of thiophene rings is 1. The summed E-state index contributed by atoms with van der Waals surface area (Å²) >= 11 is 1.80. The Balaban J connectivity index is 0.00000341. The van der Waals surface area contributed by atoms with E-state index in [1.54, 1.807) is 25.3 Å². The molecule has 8 nitrogen and oxygen atoms in total. The molecule has 1 aromatic rings. The average Bonchev–Trinajstić information content (AvgIpc) is 3.49. The SMILES string of the molecule is CCC1(C)NC(=O)N(CCCNC(=NC)NCC(c2cccs2)N2CCCC2)C1=O.I. The summed E-state index contributed by atoms with van der Waals surface area (Å²) in [6, 6.07) is 4.36. The summed E-state index contributed by atoms with van der Waals surface area (Å²) in [5.74, 6) is 0.605. The smallest absolute Gasteiger partial charge is 0.325 e. The first kappa shape index (κ1) is 25.9. The third-order valence-corrected chi connectivity index (χ3v) is 7.02. The third kappa shape index (κ3) is 6.32. The maximum absolute atomic E-state index is 12.5. The summed E-state index contributed by atoms with van der Waals surface area (Å²) in [7, 11) is 1.76. The summed E-state index contributed by atoms with van der Waals surface area (Å²) in [5, 5.41) is 11.7. The predicted molar refractivity (Wildman–Crippen MR) is 136 cm³/mol. The minimum absolute atomic E-state index is 0. The van der Waals surface area contributed by atoms with Crippen molar-refractivity contribution in [1.29, 1.82) is 0 Å². The Hall–Kier alpha value is -1.40. The zero-order valence-corrected chi connectivity index (χ0v) is 21.8. The van der Waals surface area contributed by atoms with Gasteiger partial charge in [-0.3, -0.25) is 19.6 Å². The molecule has 3 rings (SSSR count). The van der Waals surface area contributed by atoms with Crippen LogP contribution in [-0.2, 0) is 4.79 Å². The van der Waals surface area contributed by atoms with Gasteiger partial charge >= 0.3 is 6.03 Å². The second-order valence-corrected chi connectivity index (χ2v) is 9.06. The van der Waals surface area contributed by atoms with Crippen LogP contribution in [-0.4, -0.2) is 73.0 Å².